The average Bonchev–Trinajstić information content (AvgIpc) is 2.54. The maximum absolute atomic E-state index is 12.4. The van der Waals surface area contributed by atoms with Gasteiger partial charge in [0.25, 0.3) is 10.1 Å². The number of hydrogen-bond donors (Lipinski definition) is 0. The van der Waals surface area contributed by atoms with E-state index in [0.717, 1.165) is 23.1 Å². The fourth-order valence-electron chi connectivity index (χ4n) is 2.55. The van der Waals surface area contributed by atoms with Crippen LogP contribution in [0.25, 0.3) is 6.08 Å². The molecule has 2 rings (SSSR count). The maximum atomic E-state index is 12.4. The van der Waals surface area contributed by atoms with Gasteiger partial charge in [0, 0.05) is 5.02 Å². The van der Waals surface area contributed by atoms with Gasteiger partial charge in [-0.15, -0.1) is 0 Å². The van der Waals surface area contributed by atoms with Crippen molar-refractivity contribution in [3.63, 3.8) is 0 Å². The Morgan fingerprint density at radius 2 is 1.62 bits per heavy atom. The van der Waals surface area contributed by atoms with Gasteiger partial charge in [-0.3, -0.25) is 4.18 Å². The van der Waals surface area contributed by atoms with E-state index in [4.69, 9.17) is 15.8 Å². The van der Waals surface area contributed by atoms with Crippen molar-refractivity contribution in [2.45, 2.75) is 39.0 Å². The topological polar surface area (TPSA) is 43.4 Å². The molecule has 0 saturated carbocycles. The van der Waals surface area contributed by atoms with Crippen LogP contribution in [0.3, 0.4) is 0 Å². The molecule has 0 fully saturated rings. The molecule has 0 aliphatic rings. The molecule has 0 heterocycles. The Morgan fingerprint density at radius 1 is 1.04 bits per heavy atom. The molecular weight excluding hydrogens is 368 g/mol. The van der Waals surface area contributed by atoms with E-state index < -0.39 is 10.1 Å². The zero-order chi connectivity index (χ0) is 19.4. The monoisotopic (exact) mass is 392 g/mol. The molecule has 2 aromatic rings. The highest BCUT2D eigenvalue weighted by atomic mass is 35.5. The molecule has 0 unspecified atom stereocenters. The van der Waals surface area contributed by atoms with E-state index in [1.54, 1.807) is 24.3 Å². The summed E-state index contributed by atoms with van der Waals surface area (Å²) in [5.41, 5.74) is 2.88. The van der Waals surface area contributed by atoms with Crippen LogP contribution in [0, 0.1) is 12.3 Å². The summed E-state index contributed by atoms with van der Waals surface area (Å²) < 4.78 is 30.2. The van der Waals surface area contributed by atoms with Gasteiger partial charge in [-0.2, -0.15) is 8.42 Å². The third kappa shape index (κ3) is 6.60. The van der Waals surface area contributed by atoms with Crippen LogP contribution < -0.4 is 0 Å². The van der Waals surface area contributed by atoms with E-state index >= 15 is 0 Å². The van der Waals surface area contributed by atoms with Crippen molar-refractivity contribution in [2.24, 2.45) is 5.41 Å². The summed E-state index contributed by atoms with van der Waals surface area (Å²) in [5, 5.41) is 0.665. The van der Waals surface area contributed by atoms with Crippen molar-refractivity contribution >= 4 is 27.8 Å². The summed E-state index contributed by atoms with van der Waals surface area (Å²) in [6.07, 6.45) is 2.69. The third-order valence-corrected chi connectivity index (χ3v) is 5.24. The van der Waals surface area contributed by atoms with Crippen molar-refractivity contribution in [3.05, 3.63) is 70.3 Å². The molecule has 0 atom stereocenters. The molecule has 0 N–H and O–H groups in total. The Labute approximate surface area is 161 Å². The smallest absolute Gasteiger partial charge is 0.262 e. The summed E-state index contributed by atoms with van der Waals surface area (Å²) in [6.45, 7) is 8.26. The first-order chi connectivity index (χ1) is 12.0. The van der Waals surface area contributed by atoms with Gasteiger partial charge >= 0.3 is 0 Å². The van der Waals surface area contributed by atoms with Crippen molar-refractivity contribution in [1.82, 2.24) is 0 Å². The van der Waals surface area contributed by atoms with E-state index in [-0.39, 0.29) is 16.9 Å². The van der Waals surface area contributed by atoms with E-state index in [9.17, 15) is 8.42 Å². The average molecular weight is 393 g/mol. The van der Waals surface area contributed by atoms with Crippen LogP contribution in [0.4, 0.5) is 0 Å². The van der Waals surface area contributed by atoms with Gasteiger partial charge in [0.05, 0.1) is 11.5 Å². The quantitative estimate of drug-likeness (QED) is 0.577. The SMILES string of the molecule is Cc1ccc(S(=O)(=O)OCC(=Cc2ccc(Cl)cc2)CC(C)(C)C)cc1. The van der Waals surface area contributed by atoms with Gasteiger partial charge in [0.15, 0.2) is 0 Å². The first kappa shape index (κ1) is 20.7. The summed E-state index contributed by atoms with van der Waals surface area (Å²) in [6, 6.07) is 14.1. The van der Waals surface area contributed by atoms with E-state index in [1.807, 2.05) is 37.3 Å². The highest BCUT2D eigenvalue weighted by molar-refractivity contribution is 7.86. The Kier molecular flexibility index (Phi) is 6.67. The number of aryl methyl sites for hydroxylation is 1. The predicted molar refractivity (Wildman–Crippen MR) is 108 cm³/mol. The zero-order valence-electron chi connectivity index (χ0n) is 15.6. The van der Waals surface area contributed by atoms with Crippen LogP contribution in [0.5, 0.6) is 0 Å². The summed E-state index contributed by atoms with van der Waals surface area (Å²) in [7, 11) is -3.79. The molecule has 0 aliphatic heterocycles. The van der Waals surface area contributed by atoms with Crippen LogP contribution >= 0.6 is 11.6 Å². The van der Waals surface area contributed by atoms with E-state index in [0.29, 0.717) is 5.02 Å². The Balaban J connectivity index is 2.21. The minimum atomic E-state index is -3.79. The molecule has 0 radical (unpaired) electrons. The standard InChI is InChI=1S/C21H25ClO3S/c1-16-5-11-20(12-6-16)26(23,24)25-15-18(14-21(2,3)4)13-17-7-9-19(22)10-8-17/h5-13H,14-15H2,1-4H3. The largest absolute Gasteiger partial charge is 0.297 e. The molecule has 0 aliphatic carbocycles. The molecule has 140 valence electrons. The Bertz CT molecular complexity index is 859. The van der Waals surface area contributed by atoms with Crippen molar-refractivity contribution < 1.29 is 12.6 Å². The highest BCUT2D eigenvalue weighted by Crippen LogP contribution is 2.27. The number of halogens is 1. The molecule has 0 saturated heterocycles. The molecular formula is C21H25ClO3S. The van der Waals surface area contributed by atoms with Gasteiger partial charge in [0.2, 0.25) is 0 Å². The van der Waals surface area contributed by atoms with Gasteiger partial charge < -0.3 is 0 Å². The lowest BCUT2D eigenvalue weighted by Gasteiger charge is -2.20. The van der Waals surface area contributed by atoms with Gasteiger partial charge in [-0.1, -0.05) is 68.3 Å². The number of rotatable bonds is 6. The summed E-state index contributed by atoms with van der Waals surface area (Å²) >= 11 is 5.93. The minimum absolute atomic E-state index is 0.00917. The molecule has 2 aromatic carbocycles. The van der Waals surface area contributed by atoms with Crippen LogP contribution in [0.1, 0.15) is 38.3 Å². The highest BCUT2D eigenvalue weighted by Gasteiger charge is 2.19. The Hall–Kier alpha value is -1.62. The molecule has 0 bridgehead atoms. The predicted octanol–water partition coefficient (Wildman–Crippen LogP) is 5.87. The lowest BCUT2D eigenvalue weighted by Crippen LogP contribution is -2.13. The Morgan fingerprint density at radius 3 is 2.15 bits per heavy atom. The fourth-order valence-corrected chi connectivity index (χ4v) is 3.58. The van der Waals surface area contributed by atoms with Crippen LogP contribution in [-0.4, -0.2) is 15.0 Å². The second-order valence-electron chi connectivity index (χ2n) is 7.62. The van der Waals surface area contributed by atoms with Gasteiger partial charge in [-0.05, 0) is 54.2 Å². The molecule has 0 aromatic heterocycles. The minimum Gasteiger partial charge on any atom is -0.262 e. The third-order valence-electron chi connectivity index (χ3n) is 3.71. The normalized spacial score (nSPS) is 13.0. The van der Waals surface area contributed by atoms with Gasteiger partial charge in [-0.25, -0.2) is 0 Å². The van der Waals surface area contributed by atoms with Crippen molar-refractivity contribution in [2.75, 3.05) is 6.61 Å². The van der Waals surface area contributed by atoms with Crippen molar-refractivity contribution in [3.8, 4) is 0 Å². The first-order valence-electron chi connectivity index (χ1n) is 8.46. The maximum Gasteiger partial charge on any atom is 0.297 e. The van der Waals surface area contributed by atoms with Crippen LogP contribution in [-0.2, 0) is 14.3 Å². The van der Waals surface area contributed by atoms with Crippen LogP contribution in [0.2, 0.25) is 5.02 Å². The van der Waals surface area contributed by atoms with Crippen LogP contribution in [0.15, 0.2) is 59.0 Å². The second-order valence-corrected chi connectivity index (χ2v) is 9.67. The number of benzene rings is 2. The summed E-state index contributed by atoms with van der Waals surface area (Å²) in [5.74, 6) is 0. The number of hydrogen-bond acceptors (Lipinski definition) is 3. The molecule has 26 heavy (non-hydrogen) atoms. The van der Waals surface area contributed by atoms with E-state index in [1.165, 1.54) is 0 Å². The summed E-state index contributed by atoms with van der Waals surface area (Å²) in [4.78, 5) is 0.171. The molecule has 5 heteroatoms. The molecule has 0 amide bonds. The van der Waals surface area contributed by atoms with Crippen molar-refractivity contribution in [1.29, 1.82) is 0 Å². The second kappa shape index (κ2) is 8.38. The molecule has 0 spiro atoms. The van der Waals surface area contributed by atoms with E-state index in [2.05, 4.69) is 20.8 Å². The zero-order valence-corrected chi connectivity index (χ0v) is 17.2. The molecule has 3 nitrogen and oxygen atoms in total. The van der Waals surface area contributed by atoms with Gasteiger partial charge in [0.1, 0.15) is 0 Å². The first-order valence-corrected chi connectivity index (χ1v) is 10.2. The fraction of sp³-hybridized carbons (Fsp3) is 0.333. The lowest BCUT2D eigenvalue weighted by molar-refractivity contribution is 0.323. The lowest BCUT2D eigenvalue weighted by atomic mass is 9.87.